The summed E-state index contributed by atoms with van der Waals surface area (Å²) in [6, 6.07) is 8.73. The minimum absolute atomic E-state index is 0.0451. The number of aliphatic hydroxyl groups is 1. The van der Waals surface area contributed by atoms with E-state index in [1.54, 1.807) is 30.3 Å². The second-order valence-electron chi connectivity index (χ2n) is 5.63. The van der Waals surface area contributed by atoms with Crippen LogP contribution in [0.1, 0.15) is 28.3 Å². The summed E-state index contributed by atoms with van der Waals surface area (Å²) in [5, 5.41) is 10.0. The van der Waals surface area contributed by atoms with E-state index in [-0.39, 0.29) is 11.6 Å². The Hall–Kier alpha value is -2.32. The standard InChI is InChI=1S/C18H15F6NO/c19-17(20,21)13-8-11(9-14(10-13)18(22,23)24)6-7-15(26)16(25)12-4-2-1-3-5-12/h1-10,15-16,26H,25H2/b7-6-. The lowest BCUT2D eigenvalue weighted by Gasteiger charge is -2.16. The van der Waals surface area contributed by atoms with Gasteiger partial charge >= 0.3 is 12.4 Å². The summed E-state index contributed by atoms with van der Waals surface area (Å²) in [7, 11) is 0. The lowest BCUT2D eigenvalue weighted by Crippen LogP contribution is -2.24. The Balaban J connectivity index is 2.31. The molecule has 2 atom stereocenters. The van der Waals surface area contributed by atoms with Crippen LogP contribution in [0.5, 0.6) is 0 Å². The predicted octanol–water partition coefficient (Wildman–Crippen LogP) is 4.80. The lowest BCUT2D eigenvalue weighted by atomic mass is 10.00. The normalized spacial score (nSPS) is 15.2. The van der Waals surface area contributed by atoms with E-state index in [4.69, 9.17) is 5.73 Å². The molecule has 0 fully saturated rings. The van der Waals surface area contributed by atoms with Crippen LogP contribution in [0, 0.1) is 0 Å². The molecule has 2 aromatic carbocycles. The molecule has 0 heterocycles. The van der Waals surface area contributed by atoms with Crippen LogP contribution < -0.4 is 5.73 Å². The Morgan fingerprint density at radius 3 is 1.81 bits per heavy atom. The molecule has 2 aromatic rings. The zero-order valence-electron chi connectivity index (χ0n) is 13.2. The van der Waals surface area contributed by atoms with Gasteiger partial charge in [-0.15, -0.1) is 0 Å². The molecule has 2 nitrogen and oxygen atoms in total. The van der Waals surface area contributed by atoms with Crippen molar-refractivity contribution in [2.75, 3.05) is 0 Å². The molecule has 0 spiro atoms. The molecule has 0 bridgehead atoms. The van der Waals surface area contributed by atoms with Crippen LogP contribution in [0.15, 0.2) is 54.6 Å². The van der Waals surface area contributed by atoms with E-state index in [0.29, 0.717) is 17.7 Å². The molecule has 0 radical (unpaired) electrons. The van der Waals surface area contributed by atoms with Gasteiger partial charge in [-0.25, -0.2) is 0 Å². The highest BCUT2D eigenvalue weighted by molar-refractivity contribution is 5.53. The first-order chi connectivity index (χ1) is 12.0. The summed E-state index contributed by atoms with van der Waals surface area (Å²) in [6.07, 6.45) is -9.10. The van der Waals surface area contributed by atoms with Gasteiger partial charge in [0.05, 0.1) is 23.3 Å². The number of alkyl halides is 6. The first-order valence-electron chi connectivity index (χ1n) is 7.45. The van der Waals surface area contributed by atoms with Crippen molar-refractivity contribution in [3.05, 3.63) is 76.9 Å². The van der Waals surface area contributed by atoms with Crippen molar-refractivity contribution < 1.29 is 31.4 Å². The van der Waals surface area contributed by atoms with Gasteiger partial charge in [0.15, 0.2) is 0 Å². The SMILES string of the molecule is NC(c1ccccc1)C(O)/C=C\c1cc(C(F)(F)F)cc(C(F)(F)F)c1. The third-order valence-corrected chi connectivity index (χ3v) is 3.65. The number of rotatable bonds is 4. The van der Waals surface area contributed by atoms with E-state index >= 15 is 0 Å². The topological polar surface area (TPSA) is 46.2 Å². The molecule has 0 aliphatic heterocycles. The number of halogens is 6. The Labute approximate surface area is 145 Å². The number of hydrogen-bond acceptors (Lipinski definition) is 2. The van der Waals surface area contributed by atoms with Gasteiger partial charge in [0.25, 0.3) is 0 Å². The molecule has 140 valence electrons. The summed E-state index contributed by atoms with van der Waals surface area (Å²) in [5.74, 6) is 0. The molecule has 0 aromatic heterocycles. The molecule has 3 N–H and O–H groups in total. The number of nitrogens with two attached hydrogens (primary N) is 1. The lowest BCUT2D eigenvalue weighted by molar-refractivity contribution is -0.143. The van der Waals surface area contributed by atoms with Crippen molar-refractivity contribution in [1.82, 2.24) is 0 Å². The second kappa shape index (κ2) is 7.51. The van der Waals surface area contributed by atoms with E-state index in [2.05, 4.69) is 0 Å². The Morgan fingerprint density at radius 1 is 0.846 bits per heavy atom. The molecule has 0 saturated heterocycles. The van der Waals surface area contributed by atoms with E-state index in [1.807, 2.05) is 0 Å². The van der Waals surface area contributed by atoms with Crippen LogP contribution in [0.2, 0.25) is 0 Å². The zero-order chi connectivity index (χ0) is 19.5. The maximum absolute atomic E-state index is 12.8. The molecular formula is C18H15F6NO. The van der Waals surface area contributed by atoms with E-state index in [9.17, 15) is 31.4 Å². The first-order valence-corrected chi connectivity index (χ1v) is 7.45. The summed E-state index contributed by atoms with van der Waals surface area (Å²) in [6.45, 7) is 0. The third kappa shape index (κ3) is 5.09. The monoisotopic (exact) mass is 375 g/mol. The van der Waals surface area contributed by atoms with Gasteiger partial charge in [0, 0.05) is 0 Å². The summed E-state index contributed by atoms with van der Waals surface area (Å²) >= 11 is 0. The van der Waals surface area contributed by atoms with Crippen molar-refractivity contribution in [1.29, 1.82) is 0 Å². The third-order valence-electron chi connectivity index (χ3n) is 3.65. The average molecular weight is 375 g/mol. The van der Waals surface area contributed by atoms with Gasteiger partial charge in [-0.2, -0.15) is 26.3 Å². The molecule has 26 heavy (non-hydrogen) atoms. The fourth-order valence-corrected chi connectivity index (χ4v) is 2.28. The predicted molar refractivity (Wildman–Crippen MR) is 84.9 cm³/mol. The van der Waals surface area contributed by atoms with E-state index in [1.165, 1.54) is 0 Å². The molecule has 8 heteroatoms. The summed E-state index contributed by atoms with van der Waals surface area (Å²) in [5.41, 5.74) is 3.23. The fraction of sp³-hybridized carbons (Fsp3) is 0.222. The van der Waals surface area contributed by atoms with E-state index in [0.717, 1.165) is 12.2 Å². The van der Waals surface area contributed by atoms with Crippen LogP contribution >= 0.6 is 0 Å². The molecule has 0 aliphatic rings. The van der Waals surface area contributed by atoms with Gasteiger partial charge in [-0.05, 0) is 29.3 Å². The first kappa shape index (κ1) is 20.0. The van der Waals surface area contributed by atoms with Gasteiger partial charge in [-0.1, -0.05) is 42.5 Å². The summed E-state index contributed by atoms with van der Waals surface area (Å²) < 4.78 is 76.9. The van der Waals surface area contributed by atoms with Crippen molar-refractivity contribution in [3.8, 4) is 0 Å². The smallest absolute Gasteiger partial charge is 0.387 e. The van der Waals surface area contributed by atoms with Gasteiger partial charge in [-0.3, -0.25) is 0 Å². The quantitative estimate of drug-likeness (QED) is 0.755. The van der Waals surface area contributed by atoms with Gasteiger partial charge in [0.2, 0.25) is 0 Å². The molecule has 0 aliphatic carbocycles. The van der Waals surface area contributed by atoms with Crippen LogP contribution in [-0.2, 0) is 12.4 Å². The van der Waals surface area contributed by atoms with Crippen LogP contribution in [-0.4, -0.2) is 11.2 Å². The van der Waals surface area contributed by atoms with Crippen LogP contribution in [0.4, 0.5) is 26.3 Å². The van der Waals surface area contributed by atoms with Crippen LogP contribution in [0.3, 0.4) is 0 Å². The highest BCUT2D eigenvalue weighted by Gasteiger charge is 2.36. The van der Waals surface area contributed by atoms with Crippen molar-refractivity contribution >= 4 is 6.08 Å². The largest absolute Gasteiger partial charge is 0.416 e. The van der Waals surface area contributed by atoms with Crippen molar-refractivity contribution in [2.45, 2.75) is 24.5 Å². The Morgan fingerprint density at radius 2 is 1.35 bits per heavy atom. The minimum atomic E-state index is -4.93. The molecule has 2 unspecified atom stereocenters. The van der Waals surface area contributed by atoms with Crippen molar-refractivity contribution in [2.24, 2.45) is 5.73 Å². The fourth-order valence-electron chi connectivity index (χ4n) is 2.28. The maximum Gasteiger partial charge on any atom is 0.416 e. The molecular weight excluding hydrogens is 360 g/mol. The molecule has 0 saturated carbocycles. The maximum atomic E-state index is 12.8. The molecule has 2 rings (SSSR count). The minimum Gasteiger partial charge on any atom is -0.387 e. The van der Waals surface area contributed by atoms with Crippen molar-refractivity contribution in [3.63, 3.8) is 0 Å². The highest BCUT2D eigenvalue weighted by atomic mass is 19.4. The zero-order valence-corrected chi connectivity index (χ0v) is 13.2. The second-order valence-corrected chi connectivity index (χ2v) is 5.63. The summed E-state index contributed by atoms with van der Waals surface area (Å²) in [4.78, 5) is 0. The Kier molecular flexibility index (Phi) is 5.77. The average Bonchev–Trinajstić information content (AvgIpc) is 2.58. The number of hydrogen-bond donors (Lipinski definition) is 2. The van der Waals surface area contributed by atoms with E-state index < -0.39 is 35.6 Å². The van der Waals surface area contributed by atoms with Gasteiger partial charge < -0.3 is 10.8 Å². The highest BCUT2D eigenvalue weighted by Crippen LogP contribution is 2.36. The Bertz CT molecular complexity index is 735. The number of benzene rings is 2. The number of aliphatic hydroxyl groups excluding tert-OH is 1. The molecule has 0 amide bonds. The van der Waals surface area contributed by atoms with Crippen LogP contribution in [0.25, 0.3) is 6.08 Å². The van der Waals surface area contributed by atoms with Gasteiger partial charge in [0.1, 0.15) is 0 Å².